The Morgan fingerprint density at radius 1 is 0.789 bits per heavy atom. The fourth-order valence-electron chi connectivity index (χ4n) is 5.30. The standard InChI is InChI=1S/C33H41N3O2/c1-33(2,32(38)35-28-21-13-6-14-22-28)36-30(23-25-15-7-3-8-16-25)31(37)34-24-29(26-17-9-4-10-18-26)27-19-11-5-12-20-27/h3-5,7-12,15-20,28-30,36H,6,13-14,21-24H2,1-2H3,(H,34,37)(H,35,38)/t30-/m0/s1. The highest BCUT2D eigenvalue weighted by Crippen LogP contribution is 2.24. The van der Waals surface area contributed by atoms with Crippen LogP contribution < -0.4 is 16.0 Å². The molecule has 5 heteroatoms. The monoisotopic (exact) mass is 511 g/mol. The molecule has 1 aliphatic rings. The molecule has 1 atom stereocenters. The second-order valence-electron chi connectivity index (χ2n) is 10.9. The Balaban J connectivity index is 1.49. The molecular formula is C33H41N3O2. The first-order chi connectivity index (χ1) is 18.4. The lowest BCUT2D eigenvalue weighted by molar-refractivity contribution is -0.129. The second-order valence-corrected chi connectivity index (χ2v) is 10.9. The van der Waals surface area contributed by atoms with Crippen LogP contribution in [0.2, 0.25) is 0 Å². The van der Waals surface area contributed by atoms with Gasteiger partial charge < -0.3 is 10.6 Å². The van der Waals surface area contributed by atoms with E-state index in [1.54, 1.807) is 0 Å². The third-order valence-corrected chi connectivity index (χ3v) is 7.53. The molecule has 0 saturated heterocycles. The molecule has 0 radical (unpaired) electrons. The summed E-state index contributed by atoms with van der Waals surface area (Å²) in [6, 6.07) is 30.1. The Hall–Kier alpha value is -3.44. The summed E-state index contributed by atoms with van der Waals surface area (Å²) in [4.78, 5) is 27.0. The van der Waals surface area contributed by atoms with Crippen LogP contribution in [0.25, 0.3) is 0 Å². The third-order valence-electron chi connectivity index (χ3n) is 7.53. The average Bonchev–Trinajstić information content (AvgIpc) is 2.95. The first kappa shape index (κ1) is 27.6. The van der Waals surface area contributed by atoms with Crippen LogP contribution in [0.3, 0.4) is 0 Å². The normalized spacial score (nSPS) is 15.1. The molecule has 3 N–H and O–H groups in total. The minimum Gasteiger partial charge on any atom is -0.354 e. The van der Waals surface area contributed by atoms with Gasteiger partial charge in [-0.1, -0.05) is 110 Å². The van der Waals surface area contributed by atoms with Crippen molar-refractivity contribution in [2.24, 2.45) is 0 Å². The summed E-state index contributed by atoms with van der Waals surface area (Å²) in [6.45, 7) is 4.20. The maximum atomic E-state index is 13.7. The largest absolute Gasteiger partial charge is 0.354 e. The summed E-state index contributed by atoms with van der Waals surface area (Å²) >= 11 is 0. The van der Waals surface area contributed by atoms with Crippen LogP contribution in [0, 0.1) is 0 Å². The van der Waals surface area contributed by atoms with Gasteiger partial charge in [0.1, 0.15) is 0 Å². The molecule has 0 heterocycles. The predicted molar refractivity (Wildman–Crippen MR) is 154 cm³/mol. The van der Waals surface area contributed by atoms with Crippen molar-refractivity contribution in [3.8, 4) is 0 Å². The Kier molecular flexibility index (Phi) is 9.72. The first-order valence-corrected chi connectivity index (χ1v) is 13.9. The van der Waals surface area contributed by atoms with E-state index in [-0.39, 0.29) is 23.8 Å². The molecule has 200 valence electrons. The van der Waals surface area contributed by atoms with Crippen molar-refractivity contribution in [3.05, 3.63) is 108 Å². The molecule has 2 amide bonds. The van der Waals surface area contributed by atoms with Gasteiger partial charge in [-0.15, -0.1) is 0 Å². The van der Waals surface area contributed by atoms with E-state index in [1.807, 2.05) is 80.6 Å². The van der Waals surface area contributed by atoms with Gasteiger partial charge in [-0.2, -0.15) is 0 Å². The molecule has 1 aliphatic carbocycles. The van der Waals surface area contributed by atoms with Crippen molar-refractivity contribution < 1.29 is 9.59 Å². The molecule has 0 spiro atoms. The topological polar surface area (TPSA) is 70.2 Å². The summed E-state index contributed by atoms with van der Waals surface area (Å²) in [6.07, 6.45) is 6.09. The Morgan fingerprint density at radius 2 is 1.32 bits per heavy atom. The van der Waals surface area contributed by atoms with E-state index in [0.717, 1.165) is 42.4 Å². The quantitative estimate of drug-likeness (QED) is 0.324. The van der Waals surface area contributed by atoms with Crippen LogP contribution in [0.5, 0.6) is 0 Å². The zero-order valence-electron chi connectivity index (χ0n) is 22.7. The highest BCUT2D eigenvalue weighted by atomic mass is 16.2. The Morgan fingerprint density at radius 3 is 1.87 bits per heavy atom. The fraction of sp³-hybridized carbons (Fsp3) is 0.394. The van der Waals surface area contributed by atoms with Crippen molar-refractivity contribution >= 4 is 11.8 Å². The van der Waals surface area contributed by atoms with Crippen molar-refractivity contribution in [2.75, 3.05) is 6.54 Å². The van der Waals surface area contributed by atoms with Crippen LogP contribution in [0.4, 0.5) is 0 Å². The summed E-state index contributed by atoms with van der Waals surface area (Å²) in [5.41, 5.74) is 2.45. The van der Waals surface area contributed by atoms with Crippen LogP contribution in [0.15, 0.2) is 91.0 Å². The number of benzene rings is 3. The lowest BCUT2D eigenvalue weighted by Gasteiger charge is -2.33. The van der Waals surface area contributed by atoms with Gasteiger partial charge in [0.05, 0.1) is 11.6 Å². The van der Waals surface area contributed by atoms with E-state index >= 15 is 0 Å². The van der Waals surface area contributed by atoms with Gasteiger partial charge in [0.2, 0.25) is 11.8 Å². The van der Waals surface area contributed by atoms with Crippen LogP contribution in [-0.4, -0.2) is 36.0 Å². The summed E-state index contributed by atoms with van der Waals surface area (Å²) in [7, 11) is 0. The number of rotatable bonds is 11. The number of nitrogens with one attached hydrogen (secondary N) is 3. The van der Waals surface area contributed by atoms with Gasteiger partial charge >= 0.3 is 0 Å². The molecule has 0 bridgehead atoms. The minimum absolute atomic E-state index is 0.0290. The molecule has 38 heavy (non-hydrogen) atoms. The van der Waals surface area contributed by atoms with Crippen molar-refractivity contribution in [1.29, 1.82) is 0 Å². The second kappa shape index (κ2) is 13.4. The lowest BCUT2D eigenvalue weighted by atomic mass is 9.91. The van der Waals surface area contributed by atoms with Crippen LogP contribution in [0.1, 0.15) is 68.6 Å². The molecular weight excluding hydrogens is 470 g/mol. The Bertz CT molecular complexity index is 1100. The minimum atomic E-state index is -0.896. The first-order valence-electron chi connectivity index (χ1n) is 13.9. The molecule has 0 aromatic heterocycles. The summed E-state index contributed by atoms with van der Waals surface area (Å²) in [5, 5.41) is 9.85. The van der Waals surface area contributed by atoms with E-state index in [0.29, 0.717) is 13.0 Å². The van der Waals surface area contributed by atoms with Crippen molar-refractivity contribution in [2.45, 2.75) is 75.9 Å². The fourth-order valence-corrected chi connectivity index (χ4v) is 5.30. The van der Waals surface area contributed by atoms with Crippen molar-refractivity contribution in [3.63, 3.8) is 0 Å². The average molecular weight is 512 g/mol. The van der Waals surface area contributed by atoms with Gasteiger partial charge in [-0.3, -0.25) is 14.9 Å². The maximum absolute atomic E-state index is 13.7. The number of hydrogen-bond donors (Lipinski definition) is 3. The zero-order chi connectivity index (χ0) is 26.8. The SMILES string of the molecule is CC(C)(N[C@@H](Cc1ccccc1)C(=O)NCC(c1ccccc1)c1ccccc1)C(=O)NC1CCCCC1. The van der Waals surface area contributed by atoms with Crippen LogP contribution >= 0.6 is 0 Å². The highest BCUT2D eigenvalue weighted by molar-refractivity contribution is 5.88. The third kappa shape index (κ3) is 7.78. The summed E-state index contributed by atoms with van der Waals surface area (Å²) in [5.74, 6) is -0.132. The van der Waals surface area contributed by atoms with E-state index in [2.05, 4.69) is 40.2 Å². The molecule has 1 fully saturated rings. The smallest absolute Gasteiger partial charge is 0.239 e. The highest BCUT2D eigenvalue weighted by Gasteiger charge is 2.34. The lowest BCUT2D eigenvalue weighted by Crippen LogP contribution is -2.61. The van der Waals surface area contributed by atoms with Gasteiger partial charge in [0, 0.05) is 18.5 Å². The van der Waals surface area contributed by atoms with E-state index in [4.69, 9.17) is 0 Å². The van der Waals surface area contributed by atoms with Gasteiger partial charge in [-0.25, -0.2) is 0 Å². The molecule has 3 aromatic carbocycles. The van der Waals surface area contributed by atoms with E-state index in [9.17, 15) is 9.59 Å². The molecule has 3 aromatic rings. The molecule has 0 aliphatic heterocycles. The Labute approximate surface area is 227 Å². The maximum Gasteiger partial charge on any atom is 0.239 e. The van der Waals surface area contributed by atoms with Gasteiger partial charge in [0.25, 0.3) is 0 Å². The molecule has 4 rings (SSSR count). The van der Waals surface area contributed by atoms with Gasteiger partial charge in [-0.05, 0) is 49.8 Å². The van der Waals surface area contributed by atoms with Gasteiger partial charge in [0.15, 0.2) is 0 Å². The van der Waals surface area contributed by atoms with Crippen LogP contribution in [-0.2, 0) is 16.0 Å². The molecule has 1 saturated carbocycles. The molecule has 5 nitrogen and oxygen atoms in total. The summed E-state index contributed by atoms with van der Waals surface area (Å²) < 4.78 is 0. The number of hydrogen-bond acceptors (Lipinski definition) is 3. The number of carbonyl (C=O) groups is 2. The van der Waals surface area contributed by atoms with E-state index in [1.165, 1.54) is 6.42 Å². The number of amides is 2. The molecule has 0 unspecified atom stereocenters. The van der Waals surface area contributed by atoms with E-state index < -0.39 is 11.6 Å². The van der Waals surface area contributed by atoms with Crippen molar-refractivity contribution in [1.82, 2.24) is 16.0 Å². The predicted octanol–water partition coefficient (Wildman–Crippen LogP) is 5.36. The zero-order valence-corrected chi connectivity index (χ0v) is 22.7. The number of carbonyl (C=O) groups excluding carboxylic acids is 2.